The molecule has 0 bridgehead atoms. The Hall–Kier alpha value is -0.650. The van der Waals surface area contributed by atoms with Gasteiger partial charge >= 0.3 is 0 Å². The highest BCUT2D eigenvalue weighted by atomic mass is 16.5. The second-order valence-electron chi connectivity index (χ2n) is 5.46. The summed E-state index contributed by atoms with van der Waals surface area (Å²) in [7, 11) is 0. The summed E-state index contributed by atoms with van der Waals surface area (Å²) in [6.45, 7) is 10.4. The van der Waals surface area contributed by atoms with Crippen LogP contribution < -0.4 is 10.6 Å². The van der Waals surface area contributed by atoms with Crippen LogP contribution in [-0.2, 0) is 9.53 Å². The standard InChI is InChI=1S/C13H25N3O2/c1-10-9-18-6-5-16(10)4-3-15-13(17)11(2)12-7-14-8-12/h10-12,14H,3-9H2,1-2H3,(H,15,17). The molecular weight excluding hydrogens is 230 g/mol. The van der Waals surface area contributed by atoms with E-state index in [0.29, 0.717) is 12.0 Å². The van der Waals surface area contributed by atoms with Gasteiger partial charge in [-0.1, -0.05) is 6.92 Å². The first-order valence-electron chi connectivity index (χ1n) is 6.98. The maximum absolute atomic E-state index is 11.9. The van der Waals surface area contributed by atoms with Crippen LogP contribution in [0.25, 0.3) is 0 Å². The van der Waals surface area contributed by atoms with E-state index in [4.69, 9.17) is 4.74 Å². The summed E-state index contributed by atoms with van der Waals surface area (Å²) in [4.78, 5) is 14.3. The molecule has 0 aliphatic carbocycles. The van der Waals surface area contributed by atoms with Gasteiger partial charge in [-0.05, 0) is 25.9 Å². The van der Waals surface area contributed by atoms with Crippen molar-refractivity contribution in [2.45, 2.75) is 19.9 Å². The zero-order chi connectivity index (χ0) is 13.0. The molecule has 2 aliphatic heterocycles. The van der Waals surface area contributed by atoms with Crippen LogP contribution in [0.2, 0.25) is 0 Å². The summed E-state index contributed by atoms with van der Waals surface area (Å²) in [5.41, 5.74) is 0. The number of carbonyl (C=O) groups excluding carboxylic acids is 1. The molecule has 2 unspecified atom stereocenters. The van der Waals surface area contributed by atoms with Gasteiger partial charge in [-0.3, -0.25) is 9.69 Å². The first-order valence-corrected chi connectivity index (χ1v) is 6.98. The van der Waals surface area contributed by atoms with Gasteiger partial charge in [-0.15, -0.1) is 0 Å². The highest BCUT2D eigenvalue weighted by molar-refractivity contribution is 5.78. The van der Waals surface area contributed by atoms with Gasteiger partial charge < -0.3 is 15.4 Å². The van der Waals surface area contributed by atoms with E-state index in [9.17, 15) is 4.79 Å². The van der Waals surface area contributed by atoms with Gasteiger partial charge in [0.1, 0.15) is 0 Å². The minimum Gasteiger partial charge on any atom is -0.379 e. The van der Waals surface area contributed by atoms with Gasteiger partial charge in [-0.2, -0.15) is 0 Å². The second-order valence-corrected chi connectivity index (χ2v) is 5.46. The lowest BCUT2D eigenvalue weighted by atomic mass is 9.88. The zero-order valence-electron chi connectivity index (χ0n) is 11.4. The number of rotatable bonds is 5. The molecule has 18 heavy (non-hydrogen) atoms. The van der Waals surface area contributed by atoms with E-state index in [0.717, 1.165) is 45.9 Å². The van der Waals surface area contributed by atoms with Crippen LogP contribution in [0.4, 0.5) is 0 Å². The molecule has 2 fully saturated rings. The maximum atomic E-state index is 11.9. The third-order valence-electron chi connectivity index (χ3n) is 4.14. The fourth-order valence-corrected chi connectivity index (χ4v) is 2.46. The Morgan fingerprint density at radius 2 is 2.33 bits per heavy atom. The van der Waals surface area contributed by atoms with Crippen molar-refractivity contribution in [1.29, 1.82) is 0 Å². The number of hydrogen-bond acceptors (Lipinski definition) is 4. The summed E-state index contributed by atoms with van der Waals surface area (Å²) in [6.07, 6.45) is 0. The van der Waals surface area contributed by atoms with Crippen molar-refractivity contribution in [2.75, 3.05) is 45.9 Å². The molecule has 0 aromatic rings. The van der Waals surface area contributed by atoms with Gasteiger partial charge in [0, 0.05) is 31.6 Å². The molecule has 0 aromatic heterocycles. The van der Waals surface area contributed by atoms with Gasteiger partial charge in [0.25, 0.3) is 0 Å². The van der Waals surface area contributed by atoms with E-state index < -0.39 is 0 Å². The molecule has 0 spiro atoms. The average molecular weight is 255 g/mol. The Bertz CT molecular complexity index is 281. The normalized spacial score (nSPS) is 27.6. The van der Waals surface area contributed by atoms with E-state index in [1.165, 1.54) is 0 Å². The minimum atomic E-state index is 0.133. The molecule has 0 radical (unpaired) electrons. The Labute approximate surface area is 109 Å². The topological polar surface area (TPSA) is 53.6 Å². The van der Waals surface area contributed by atoms with E-state index in [2.05, 4.69) is 22.5 Å². The average Bonchev–Trinajstić information content (AvgIpc) is 2.29. The fourth-order valence-electron chi connectivity index (χ4n) is 2.46. The zero-order valence-corrected chi connectivity index (χ0v) is 11.4. The van der Waals surface area contributed by atoms with Gasteiger partial charge in [0.15, 0.2) is 0 Å². The maximum Gasteiger partial charge on any atom is 0.223 e. The molecular formula is C13H25N3O2. The molecule has 0 aromatic carbocycles. The number of hydrogen-bond donors (Lipinski definition) is 2. The molecule has 0 saturated carbocycles. The molecule has 2 rings (SSSR count). The quantitative estimate of drug-likeness (QED) is 0.707. The number of morpholine rings is 1. The molecule has 5 heteroatoms. The van der Waals surface area contributed by atoms with Crippen LogP contribution in [0.3, 0.4) is 0 Å². The van der Waals surface area contributed by atoms with Crippen molar-refractivity contribution in [2.24, 2.45) is 11.8 Å². The molecule has 2 aliphatic rings. The van der Waals surface area contributed by atoms with Crippen molar-refractivity contribution in [3.8, 4) is 0 Å². The molecule has 2 atom stereocenters. The van der Waals surface area contributed by atoms with E-state index in [1.807, 2.05) is 6.92 Å². The summed E-state index contributed by atoms with van der Waals surface area (Å²) >= 11 is 0. The second kappa shape index (κ2) is 6.50. The summed E-state index contributed by atoms with van der Waals surface area (Å²) in [6, 6.07) is 0.462. The Morgan fingerprint density at radius 3 is 2.94 bits per heavy atom. The van der Waals surface area contributed by atoms with Gasteiger partial charge in [0.2, 0.25) is 5.91 Å². The third kappa shape index (κ3) is 3.43. The van der Waals surface area contributed by atoms with Crippen molar-refractivity contribution in [3.63, 3.8) is 0 Å². The fraction of sp³-hybridized carbons (Fsp3) is 0.923. The number of nitrogens with zero attached hydrogens (tertiary/aromatic N) is 1. The molecule has 2 saturated heterocycles. The van der Waals surface area contributed by atoms with E-state index in [-0.39, 0.29) is 11.8 Å². The lowest BCUT2D eigenvalue weighted by Gasteiger charge is -2.34. The van der Waals surface area contributed by atoms with E-state index in [1.54, 1.807) is 0 Å². The minimum absolute atomic E-state index is 0.133. The molecule has 2 heterocycles. The predicted molar refractivity (Wildman–Crippen MR) is 70.4 cm³/mol. The lowest BCUT2D eigenvalue weighted by Crippen LogP contribution is -2.51. The summed E-state index contributed by atoms with van der Waals surface area (Å²) in [5, 5.41) is 6.26. The molecule has 5 nitrogen and oxygen atoms in total. The highest BCUT2D eigenvalue weighted by Crippen LogP contribution is 2.15. The molecule has 2 N–H and O–H groups in total. The van der Waals surface area contributed by atoms with Gasteiger partial charge in [-0.25, -0.2) is 0 Å². The third-order valence-corrected chi connectivity index (χ3v) is 4.14. The van der Waals surface area contributed by atoms with Crippen molar-refractivity contribution < 1.29 is 9.53 Å². The largest absolute Gasteiger partial charge is 0.379 e. The van der Waals surface area contributed by atoms with Crippen LogP contribution >= 0.6 is 0 Å². The van der Waals surface area contributed by atoms with Crippen molar-refractivity contribution in [3.05, 3.63) is 0 Å². The van der Waals surface area contributed by atoms with Crippen LogP contribution in [0.5, 0.6) is 0 Å². The van der Waals surface area contributed by atoms with Gasteiger partial charge in [0.05, 0.1) is 13.2 Å². The SMILES string of the molecule is CC(C(=O)NCCN1CCOCC1C)C1CNC1. The summed E-state index contributed by atoms with van der Waals surface area (Å²) in [5.74, 6) is 0.850. The molecule has 104 valence electrons. The number of amides is 1. The predicted octanol–water partition coefficient (Wildman–Crippen LogP) is -0.321. The monoisotopic (exact) mass is 255 g/mol. The van der Waals surface area contributed by atoms with Crippen LogP contribution in [-0.4, -0.2) is 62.8 Å². The summed E-state index contributed by atoms with van der Waals surface area (Å²) < 4.78 is 5.40. The number of ether oxygens (including phenoxy) is 1. The Balaban J connectivity index is 1.63. The van der Waals surface area contributed by atoms with Crippen molar-refractivity contribution in [1.82, 2.24) is 15.5 Å². The van der Waals surface area contributed by atoms with E-state index >= 15 is 0 Å². The van der Waals surface area contributed by atoms with Crippen LogP contribution in [0, 0.1) is 11.8 Å². The smallest absolute Gasteiger partial charge is 0.223 e. The van der Waals surface area contributed by atoms with Crippen molar-refractivity contribution >= 4 is 5.91 Å². The number of nitrogens with one attached hydrogen (secondary N) is 2. The van der Waals surface area contributed by atoms with Crippen LogP contribution in [0.15, 0.2) is 0 Å². The first kappa shape index (κ1) is 13.8. The first-order chi connectivity index (χ1) is 8.68. The Morgan fingerprint density at radius 1 is 1.56 bits per heavy atom. The highest BCUT2D eigenvalue weighted by Gasteiger charge is 2.28. The lowest BCUT2D eigenvalue weighted by molar-refractivity contribution is -0.126. The molecule has 1 amide bonds. The van der Waals surface area contributed by atoms with Crippen LogP contribution in [0.1, 0.15) is 13.8 Å². The number of carbonyl (C=O) groups is 1. The Kier molecular flexibility index (Phi) is 4.97.